The van der Waals surface area contributed by atoms with Crippen LogP contribution in [0.2, 0.25) is 0 Å². The fourth-order valence-electron chi connectivity index (χ4n) is 2.28. The van der Waals surface area contributed by atoms with Crippen molar-refractivity contribution in [1.82, 2.24) is 5.32 Å². The Morgan fingerprint density at radius 1 is 1.35 bits per heavy atom. The van der Waals surface area contributed by atoms with E-state index in [9.17, 15) is 0 Å². The second-order valence-electron chi connectivity index (χ2n) is 5.10. The molecule has 0 saturated carbocycles. The molecule has 0 amide bonds. The van der Waals surface area contributed by atoms with Gasteiger partial charge in [-0.1, -0.05) is 41.8 Å². The average Bonchev–Trinajstić information content (AvgIpc) is 2.45. The Morgan fingerprint density at radius 2 is 2.15 bits per heavy atom. The van der Waals surface area contributed by atoms with Gasteiger partial charge in [-0.15, -0.1) is 6.58 Å². The SMILES string of the molecule is C=CCCCCCC(NCCC)c1cc(I)ccc1Br. The fraction of sp³-hybridized carbons (Fsp3) is 0.529. The summed E-state index contributed by atoms with van der Waals surface area (Å²) in [6.45, 7) is 7.08. The first-order valence-electron chi connectivity index (χ1n) is 7.48. The van der Waals surface area contributed by atoms with Crippen molar-refractivity contribution in [3.8, 4) is 0 Å². The summed E-state index contributed by atoms with van der Waals surface area (Å²) in [5, 5.41) is 3.69. The molecule has 1 unspecified atom stereocenters. The number of hydrogen-bond acceptors (Lipinski definition) is 1. The third-order valence-corrected chi connectivity index (χ3v) is 4.77. The zero-order valence-electron chi connectivity index (χ0n) is 12.3. The molecule has 1 N–H and O–H groups in total. The largest absolute Gasteiger partial charge is 0.310 e. The Bertz CT molecular complexity index is 406. The lowest BCUT2D eigenvalue weighted by Gasteiger charge is -2.20. The van der Waals surface area contributed by atoms with Crippen LogP contribution in [-0.2, 0) is 0 Å². The topological polar surface area (TPSA) is 12.0 Å². The molecule has 1 nitrogen and oxygen atoms in total. The van der Waals surface area contributed by atoms with Crippen LogP contribution in [0.25, 0.3) is 0 Å². The maximum absolute atomic E-state index is 3.78. The third-order valence-electron chi connectivity index (χ3n) is 3.38. The van der Waals surface area contributed by atoms with E-state index in [4.69, 9.17) is 0 Å². The molecule has 0 fully saturated rings. The molecule has 0 bridgehead atoms. The number of hydrogen-bond donors (Lipinski definition) is 1. The highest BCUT2D eigenvalue weighted by atomic mass is 127. The van der Waals surface area contributed by atoms with Crippen LogP contribution in [0.4, 0.5) is 0 Å². The van der Waals surface area contributed by atoms with Crippen LogP contribution >= 0.6 is 38.5 Å². The number of halogens is 2. The van der Waals surface area contributed by atoms with Gasteiger partial charge in [-0.2, -0.15) is 0 Å². The minimum absolute atomic E-state index is 0.461. The number of unbranched alkanes of at least 4 members (excludes halogenated alkanes) is 3. The Labute approximate surface area is 145 Å². The van der Waals surface area contributed by atoms with Crippen molar-refractivity contribution in [2.24, 2.45) is 0 Å². The highest BCUT2D eigenvalue weighted by Gasteiger charge is 2.13. The second kappa shape index (κ2) is 10.8. The molecule has 0 saturated heterocycles. The van der Waals surface area contributed by atoms with E-state index in [-0.39, 0.29) is 0 Å². The van der Waals surface area contributed by atoms with E-state index in [1.54, 1.807) is 0 Å². The van der Waals surface area contributed by atoms with Crippen molar-refractivity contribution >= 4 is 38.5 Å². The quantitative estimate of drug-likeness (QED) is 0.253. The van der Waals surface area contributed by atoms with E-state index in [2.05, 4.69) is 75.5 Å². The lowest BCUT2D eigenvalue weighted by molar-refractivity contribution is 0.470. The molecule has 0 heterocycles. The molecule has 1 aromatic carbocycles. The molecule has 1 rings (SSSR count). The maximum Gasteiger partial charge on any atom is 0.0331 e. The summed E-state index contributed by atoms with van der Waals surface area (Å²) in [6, 6.07) is 7.06. The first-order valence-corrected chi connectivity index (χ1v) is 9.35. The molecule has 0 spiro atoms. The lowest BCUT2D eigenvalue weighted by Crippen LogP contribution is -2.22. The van der Waals surface area contributed by atoms with Crippen LogP contribution in [-0.4, -0.2) is 6.54 Å². The number of benzene rings is 1. The van der Waals surface area contributed by atoms with E-state index < -0.39 is 0 Å². The molecule has 0 radical (unpaired) electrons. The maximum atomic E-state index is 3.78. The van der Waals surface area contributed by atoms with E-state index in [0.717, 1.165) is 13.0 Å². The van der Waals surface area contributed by atoms with Crippen LogP contribution < -0.4 is 5.32 Å². The molecule has 1 atom stereocenters. The Hall–Kier alpha value is 0.130. The first-order chi connectivity index (χ1) is 9.69. The van der Waals surface area contributed by atoms with Gasteiger partial charge in [0.05, 0.1) is 0 Å². The van der Waals surface area contributed by atoms with Gasteiger partial charge in [0.1, 0.15) is 0 Å². The monoisotopic (exact) mass is 449 g/mol. The summed E-state index contributed by atoms with van der Waals surface area (Å²) >= 11 is 6.09. The standard InChI is InChI=1S/C17H25BrIN/c1-3-5-6-7-8-9-17(20-12-4-2)15-13-14(19)10-11-16(15)18/h3,10-11,13,17,20H,1,4-9,12H2,2H3. The van der Waals surface area contributed by atoms with Crippen molar-refractivity contribution in [2.75, 3.05) is 6.54 Å². The Morgan fingerprint density at radius 3 is 2.85 bits per heavy atom. The van der Waals surface area contributed by atoms with Gasteiger partial charge in [-0.25, -0.2) is 0 Å². The van der Waals surface area contributed by atoms with Gasteiger partial charge in [0, 0.05) is 14.1 Å². The first kappa shape index (κ1) is 18.2. The molecule has 112 valence electrons. The van der Waals surface area contributed by atoms with E-state index in [0.29, 0.717) is 6.04 Å². The predicted octanol–water partition coefficient (Wildman–Crippen LogP) is 6.23. The van der Waals surface area contributed by atoms with Gasteiger partial charge in [0.25, 0.3) is 0 Å². The third kappa shape index (κ3) is 6.72. The van der Waals surface area contributed by atoms with E-state index in [1.165, 1.54) is 45.7 Å². The zero-order chi connectivity index (χ0) is 14.8. The average molecular weight is 450 g/mol. The van der Waals surface area contributed by atoms with Gasteiger partial charge in [0.15, 0.2) is 0 Å². The summed E-state index contributed by atoms with van der Waals surface area (Å²) < 4.78 is 2.52. The molecular formula is C17H25BrIN. The van der Waals surface area contributed by atoms with Crippen LogP contribution in [0.5, 0.6) is 0 Å². The van der Waals surface area contributed by atoms with Crippen molar-refractivity contribution < 1.29 is 0 Å². The van der Waals surface area contributed by atoms with Gasteiger partial charge in [-0.05, 0) is 78.6 Å². The van der Waals surface area contributed by atoms with Crippen molar-refractivity contribution in [3.63, 3.8) is 0 Å². The highest BCUT2D eigenvalue weighted by Crippen LogP contribution is 2.29. The fourth-order valence-corrected chi connectivity index (χ4v) is 3.32. The highest BCUT2D eigenvalue weighted by molar-refractivity contribution is 14.1. The molecule has 0 aliphatic rings. The van der Waals surface area contributed by atoms with Gasteiger partial charge in [-0.3, -0.25) is 0 Å². The lowest BCUT2D eigenvalue weighted by atomic mass is 10.00. The Kier molecular flexibility index (Phi) is 9.82. The predicted molar refractivity (Wildman–Crippen MR) is 101 cm³/mol. The molecule has 0 aromatic heterocycles. The minimum Gasteiger partial charge on any atom is -0.310 e. The van der Waals surface area contributed by atoms with Crippen molar-refractivity contribution in [3.05, 3.63) is 44.5 Å². The normalized spacial score (nSPS) is 12.3. The minimum atomic E-state index is 0.461. The summed E-state index contributed by atoms with van der Waals surface area (Å²) in [6.07, 6.45) is 9.36. The number of rotatable bonds is 10. The molecular weight excluding hydrogens is 425 g/mol. The van der Waals surface area contributed by atoms with Crippen LogP contribution in [0.15, 0.2) is 35.3 Å². The molecule has 20 heavy (non-hydrogen) atoms. The van der Waals surface area contributed by atoms with Crippen LogP contribution in [0.3, 0.4) is 0 Å². The summed E-state index contributed by atoms with van der Waals surface area (Å²) in [7, 11) is 0. The van der Waals surface area contributed by atoms with Crippen LogP contribution in [0.1, 0.15) is 57.1 Å². The number of nitrogens with one attached hydrogen (secondary N) is 1. The summed E-state index contributed by atoms with van der Waals surface area (Å²) in [5.41, 5.74) is 1.40. The summed E-state index contributed by atoms with van der Waals surface area (Å²) in [4.78, 5) is 0. The van der Waals surface area contributed by atoms with E-state index in [1.807, 2.05) is 6.08 Å². The second-order valence-corrected chi connectivity index (χ2v) is 7.20. The smallest absolute Gasteiger partial charge is 0.0331 e. The molecule has 0 aliphatic heterocycles. The zero-order valence-corrected chi connectivity index (χ0v) is 16.0. The van der Waals surface area contributed by atoms with Gasteiger partial charge < -0.3 is 5.32 Å². The van der Waals surface area contributed by atoms with Crippen LogP contribution in [0, 0.1) is 3.57 Å². The Balaban J connectivity index is 2.62. The van der Waals surface area contributed by atoms with Crippen molar-refractivity contribution in [2.45, 2.75) is 51.5 Å². The van der Waals surface area contributed by atoms with Crippen molar-refractivity contribution in [1.29, 1.82) is 0 Å². The van der Waals surface area contributed by atoms with E-state index >= 15 is 0 Å². The van der Waals surface area contributed by atoms with Gasteiger partial charge in [0.2, 0.25) is 0 Å². The molecule has 3 heteroatoms. The molecule has 0 aliphatic carbocycles. The van der Waals surface area contributed by atoms with Gasteiger partial charge >= 0.3 is 0 Å². The summed E-state index contributed by atoms with van der Waals surface area (Å²) in [5.74, 6) is 0. The molecule has 1 aromatic rings. The number of allylic oxidation sites excluding steroid dienone is 1.